The van der Waals surface area contributed by atoms with Crippen molar-refractivity contribution in [2.75, 3.05) is 31.1 Å². The van der Waals surface area contributed by atoms with Gasteiger partial charge in [0.25, 0.3) is 11.2 Å². The smallest absolute Gasteiger partial charge is 0.348 e. The maximum atomic E-state index is 13.3. The normalized spacial score (nSPS) is 18.9. The molecule has 14 heteroatoms. The van der Waals surface area contributed by atoms with Crippen LogP contribution in [0.25, 0.3) is 10.1 Å². The van der Waals surface area contributed by atoms with Crippen LogP contribution in [0.3, 0.4) is 0 Å². The van der Waals surface area contributed by atoms with E-state index in [0.717, 1.165) is 74.2 Å². The minimum absolute atomic E-state index is 0.0115. The summed E-state index contributed by atoms with van der Waals surface area (Å²) >= 11 is 0.851. The van der Waals surface area contributed by atoms with Crippen LogP contribution in [0, 0.1) is 15.5 Å². The van der Waals surface area contributed by atoms with Gasteiger partial charge in [-0.1, -0.05) is 30.4 Å². The van der Waals surface area contributed by atoms with Gasteiger partial charge in [0.15, 0.2) is 5.13 Å². The van der Waals surface area contributed by atoms with Crippen LogP contribution in [0.2, 0.25) is 0 Å². The van der Waals surface area contributed by atoms with Gasteiger partial charge in [0, 0.05) is 25.2 Å². The predicted octanol–water partition coefficient (Wildman–Crippen LogP) is 7.44. The number of nitro benzene ring substituents is 1. The van der Waals surface area contributed by atoms with Crippen LogP contribution < -0.4 is 10.5 Å². The molecular formula is C28H28F6N4O3S. The zero-order valence-electron chi connectivity index (χ0n) is 22.6. The summed E-state index contributed by atoms with van der Waals surface area (Å²) in [5, 5.41) is 11.4. The minimum atomic E-state index is -4.85. The number of benzene rings is 2. The predicted molar refractivity (Wildman–Crippen MR) is 147 cm³/mol. The Labute approximate surface area is 240 Å². The van der Waals surface area contributed by atoms with E-state index < -0.39 is 45.0 Å². The number of hydrogen-bond acceptors (Lipinski definition) is 7. The molecule has 2 aliphatic rings. The number of anilines is 1. The lowest BCUT2D eigenvalue weighted by atomic mass is 9.71. The molecule has 0 N–H and O–H groups in total. The summed E-state index contributed by atoms with van der Waals surface area (Å²) < 4.78 is 78.7. The van der Waals surface area contributed by atoms with Crippen LogP contribution in [0.4, 0.5) is 37.2 Å². The quantitative estimate of drug-likeness (QED) is 0.169. The molecule has 2 saturated heterocycles. The van der Waals surface area contributed by atoms with Crippen LogP contribution in [-0.2, 0) is 12.4 Å². The van der Waals surface area contributed by atoms with Gasteiger partial charge in [-0.05, 0) is 74.4 Å². The molecule has 2 aromatic carbocycles. The zero-order chi connectivity index (χ0) is 30.4. The van der Waals surface area contributed by atoms with Crippen molar-refractivity contribution < 1.29 is 31.3 Å². The number of halogens is 6. The molecule has 42 heavy (non-hydrogen) atoms. The number of hydrogen-bond donors (Lipinski definition) is 0. The standard InChI is InChI=1S/C28H28F6N4O3S/c1-2-21(17-3-5-18(6-4-17)27(29,30)31)36-11-7-26(8-12-36)9-13-37(14-10-26)25-35-24(39)20-15-19(28(32,33)34)16-22(38(40)41)23(20)42-25/h3-6,15-16,21H,2,7-14H2,1H3. The molecule has 1 unspecified atom stereocenters. The molecule has 3 aromatic rings. The van der Waals surface area contributed by atoms with E-state index in [1.165, 1.54) is 0 Å². The number of likely N-dealkylation sites (tertiary alicyclic amines) is 1. The van der Waals surface area contributed by atoms with Crippen molar-refractivity contribution >= 4 is 32.2 Å². The highest BCUT2D eigenvalue weighted by Crippen LogP contribution is 2.45. The molecule has 1 atom stereocenters. The maximum absolute atomic E-state index is 13.3. The molecule has 3 heterocycles. The Kier molecular flexibility index (Phi) is 7.98. The first-order valence-electron chi connectivity index (χ1n) is 13.6. The monoisotopic (exact) mass is 614 g/mol. The van der Waals surface area contributed by atoms with Gasteiger partial charge in [-0.3, -0.25) is 19.8 Å². The van der Waals surface area contributed by atoms with E-state index in [9.17, 15) is 41.3 Å². The van der Waals surface area contributed by atoms with E-state index in [1.807, 2.05) is 11.8 Å². The molecule has 5 rings (SSSR count). The topological polar surface area (TPSA) is 79.6 Å². The Morgan fingerprint density at radius 2 is 1.52 bits per heavy atom. The molecule has 0 aliphatic carbocycles. The lowest BCUT2D eigenvalue weighted by molar-refractivity contribution is -0.383. The van der Waals surface area contributed by atoms with Crippen molar-refractivity contribution in [3.8, 4) is 0 Å². The molecule has 1 spiro atoms. The summed E-state index contributed by atoms with van der Waals surface area (Å²) in [4.78, 5) is 31.6. The molecule has 0 saturated carbocycles. The first-order chi connectivity index (χ1) is 19.7. The Morgan fingerprint density at radius 1 is 0.952 bits per heavy atom. The first kappa shape index (κ1) is 30.2. The third-order valence-corrected chi connectivity index (χ3v) is 9.78. The van der Waals surface area contributed by atoms with E-state index >= 15 is 0 Å². The van der Waals surface area contributed by atoms with E-state index in [2.05, 4.69) is 9.88 Å². The average molecular weight is 615 g/mol. The van der Waals surface area contributed by atoms with Gasteiger partial charge in [-0.15, -0.1) is 0 Å². The lowest BCUT2D eigenvalue weighted by Gasteiger charge is -2.48. The number of fused-ring (bicyclic) bond motifs is 1. The second-order valence-electron chi connectivity index (χ2n) is 11.0. The molecule has 0 amide bonds. The average Bonchev–Trinajstić information content (AvgIpc) is 2.93. The molecular weight excluding hydrogens is 586 g/mol. The summed E-state index contributed by atoms with van der Waals surface area (Å²) in [5.74, 6) is 0. The summed E-state index contributed by atoms with van der Waals surface area (Å²) in [6.45, 7) is 4.67. The largest absolute Gasteiger partial charge is 0.416 e. The minimum Gasteiger partial charge on any atom is -0.348 e. The maximum Gasteiger partial charge on any atom is 0.416 e. The van der Waals surface area contributed by atoms with Gasteiger partial charge >= 0.3 is 12.4 Å². The highest BCUT2D eigenvalue weighted by atomic mass is 32.1. The van der Waals surface area contributed by atoms with Gasteiger partial charge < -0.3 is 4.90 Å². The highest BCUT2D eigenvalue weighted by Gasteiger charge is 2.40. The van der Waals surface area contributed by atoms with E-state index in [4.69, 9.17) is 0 Å². The second-order valence-corrected chi connectivity index (χ2v) is 12.0. The fourth-order valence-electron chi connectivity index (χ4n) is 6.16. The van der Waals surface area contributed by atoms with Crippen LogP contribution in [0.5, 0.6) is 0 Å². The van der Waals surface area contributed by atoms with Crippen LogP contribution in [0.15, 0.2) is 41.2 Å². The Balaban J connectivity index is 1.28. The fourth-order valence-corrected chi connectivity index (χ4v) is 7.27. The molecule has 226 valence electrons. The Morgan fingerprint density at radius 3 is 2.05 bits per heavy atom. The van der Waals surface area contributed by atoms with Crippen molar-refractivity contribution in [3.05, 3.63) is 73.6 Å². The number of alkyl halides is 6. The number of nitro groups is 1. The molecule has 1 aromatic heterocycles. The highest BCUT2D eigenvalue weighted by molar-refractivity contribution is 7.22. The third kappa shape index (κ3) is 5.96. The van der Waals surface area contributed by atoms with E-state index in [1.54, 1.807) is 12.1 Å². The molecule has 7 nitrogen and oxygen atoms in total. The summed E-state index contributed by atoms with van der Waals surface area (Å²) in [6.07, 6.45) is -5.11. The van der Waals surface area contributed by atoms with Crippen molar-refractivity contribution in [3.63, 3.8) is 0 Å². The fraction of sp³-hybridized carbons (Fsp3) is 0.500. The van der Waals surface area contributed by atoms with Crippen LogP contribution in [0.1, 0.15) is 61.8 Å². The molecule has 0 radical (unpaired) electrons. The van der Waals surface area contributed by atoms with Gasteiger partial charge in [-0.2, -0.15) is 31.3 Å². The molecule has 2 fully saturated rings. The SMILES string of the molecule is CCC(c1ccc(C(F)(F)F)cc1)N1CCC2(CCN(c3nc(=O)c4cc(C(F)(F)F)cc([N+](=O)[O-])c4s3)CC2)CC1. The molecule has 0 bridgehead atoms. The van der Waals surface area contributed by atoms with E-state index in [0.29, 0.717) is 25.2 Å². The summed E-state index contributed by atoms with van der Waals surface area (Å²) in [6, 6.07) is 6.43. The number of rotatable bonds is 5. The van der Waals surface area contributed by atoms with Crippen molar-refractivity contribution in [1.82, 2.24) is 9.88 Å². The van der Waals surface area contributed by atoms with Crippen LogP contribution >= 0.6 is 11.3 Å². The van der Waals surface area contributed by atoms with Gasteiger partial charge in [0.1, 0.15) is 4.70 Å². The number of aromatic nitrogens is 1. The Bertz CT molecular complexity index is 1520. The van der Waals surface area contributed by atoms with Gasteiger partial charge in [-0.25, -0.2) is 0 Å². The van der Waals surface area contributed by atoms with E-state index in [-0.39, 0.29) is 21.3 Å². The van der Waals surface area contributed by atoms with Gasteiger partial charge in [0.05, 0.1) is 21.4 Å². The van der Waals surface area contributed by atoms with Crippen molar-refractivity contribution in [2.45, 2.75) is 57.4 Å². The number of non-ortho nitro benzene ring substituents is 1. The number of nitrogens with zero attached hydrogens (tertiary/aromatic N) is 4. The third-order valence-electron chi connectivity index (χ3n) is 8.62. The van der Waals surface area contributed by atoms with Crippen LogP contribution in [-0.4, -0.2) is 41.0 Å². The van der Waals surface area contributed by atoms with Crippen molar-refractivity contribution in [2.24, 2.45) is 5.41 Å². The number of piperidine rings is 2. The summed E-state index contributed by atoms with van der Waals surface area (Å²) in [7, 11) is 0. The summed E-state index contributed by atoms with van der Waals surface area (Å²) in [5.41, 5.74) is -2.75. The first-order valence-corrected chi connectivity index (χ1v) is 14.4. The Hall–Kier alpha value is -3.26. The van der Waals surface area contributed by atoms with Gasteiger partial charge in [0.2, 0.25) is 0 Å². The van der Waals surface area contributed by atoms with Crippen molar-refractivity contribution in [1.29, 1.82) is 0 Å². The lowest BCUT2D eigenvalue weighted by Crippen LogP contribution is -2.47. The second kappa shape index (κ2) is 11.1. The zero-order valence-corrected chi connectivity index (χ0v) is 23.4. The molecule has 2 aliphatic heterocycles.